The third-order valence-corrected chi connectivity index (χ3v) is 5.41. The second-order valence-electron chi connectivity index (χ2n) is 8.30. The topological polar surface area (TPSA) is 183 Å². The lowest BCUT2D eigenvalue weighted by molar-refractivity contribution is -0.131. The van der Waals surface area contributed by atoms with E-state index in [1.807, 2.05) is 12.1 Å². The molecule has 0 aliphatic carbocycles. The standard InChI is InChI=1S/C27H26N8O4/c1-18(33-35-28)25(27(38)34-39)32-26(37)22-10-6-19(7-11-22)4-5-20-8-12-23(13-9-20)31-24(36)17-30-16-21-3-2-14-29-15-21/h2-3,6-15,18,25,28,30H,16-17H2,1H3,(H3-,31,32,34,36,37,38,39)/p+1/t18?,25-/m0/s1. The monoisotopic (exact) mass is 527 g/mol. The van der Waals surface area contributed by atoms with Crippen LogP contribution in [0.1, 0.15) is 34.0 Å². The van der Waals surface area contributed by atoms with Gasteiger partial charge in [0.15, 0.2) is 6.04 Å². The van der Waals surface area contributed by atoms with E-state index in [0.717, 1.165) is 11.1 Å². The van der Waals surface area contributed by atoms with E-state index >= 15 is 0 Å². The first-order valence-corrected chi connectivity index (χ1v) is 11.8. The van der Waals surface area contributed by atoms with Crippen LogP contribution in [-0.2, 0) is 16.1 Å². The highest BCUT2D eigenvalue weighted by atomic mass is 16.5. The maximum absolute atomic E-state index is 12.5. The number of nitrogens with one attached hydrogen (secondary N) is 5. The molecule has 1 unspecified atom stereocenters. The highest BCUT2D eigenvalue weighted by Gasteiger charge is 2.30. The van der Waals surface area contributed by atoms with Gasteiger partial charge in [0.2, 0.25) is 10.8 Å². The lowest BCUT2D eigenvalue weighted by Crippen LogP contribution is -2.51. The van der Waals surface area contributed by atoms with Gasteiger partial charge in [-0.3, -0.25) is 24.6 Å². The molecule has 12 nitrogen and oxygen atoms in total. The van der Waals surface area contributed by atoms with Gasteiger partial charge in [0.1, 0.15) is 16.7 Å². The van der Waals surface area contributed by atoms with Crippen molar-refractivity contribution in [2.75, 3.05) is 11.9 Å². The Morgan fingerprint density at radius 3 is 2.31 bits per heavy atom. The van der Waals surface area contributed by atoms with Crippen molar-refractivity contribution in [3.8, 4) is 11.8 Å². The number of hydrogen-bond donors (Lipinski definition) is 6. The minimum atomic E-state index is -1.22. The molecule has 0 aliphatic rings. The van der Waals surface area contributed by atoms with Crippen LogP contribution in [-0.4, -0.2) is 46.5 Å². The van der Waals surface area contributed by atoms with Crippen molar-refractivity contribution in [2.24, 2.45) is 5.11 Å². The van der Waals surface area contributed by atoms with Gasteiger partial charge in [-0.2, -0.15) is 0 Å². The van der Waals surface area contributed by atoms with E-state index in [1.54, 1.807) is 60.9 Å². The minimum absolute atomic E-state index is 0.162. The zero-order valence-electron chi connectivity index (χ0n) is 21.0. The van der Waals surface area contributed by atoms with Gasteiger partial charge < -0.3 is 16.0 Å². The van der Waals surface area contributed by atoms with Crippen LogP contribution in [0.5, 0.6) is 0 Å². The Labute approximate surface area is 224 Å². The van der Waals surface area contributed by atoms with Crippen LogP contribution in [0.15, 0.2) is 78.2 Å². The molecule has 39 heavy (non-hydrogen) atoms. The Balaban J connectivity index is 1.53. The molecule has 0 aliphatic heterocycles. The summed E-state index contributed by atoms with van der Waals surface area (Å²) in [7, 11) is 0. The predicted molar refractivity (Wildman–Crippen MR) is 141 cm³/mol. The van der Waals surface area contributed by atoms with Gasteiger partial charge in [-0.1, -0.05) is 17.9 Å². The Kier molecular flexibility index (Phi) is 10.6. The average molecular weight is 528 g/mol. The normalized spacial score (nSPS) is 11.5. The van der Waals surface area contributed by atoms with E-state index in [1.165, 1.54) is 12.4 Å². The quantitative estimate of drug-likeness (QED) is 0.0767. The molecule has 3 amide bonds. The number of anilines is 1. The summed E-state index contributed by atoms with van der Waals surface area (Å²) in [6, 6.07) is 15.2. The summed E-state index contributed by atoms with van der Waals surface area (Å²) in [4.78, 5) is 43.5. The molecule has 0 fully saturated rings. The zero-order valence-corrected chi connectivity index (χ0v) is 21.0. The molecule has 0 saturated heterocycles. The first-order valence-electron chi connectivity index (χ1n) is 11.8. The summed E-state index contributed by atoms with van der Waals surface area (Å²) >= 11 is 0. The van der Waals surface area contributed by atoms with Crippen molar-refractivity contribution in [2.45, 2.75) is 25.6 Å². The largest absolute Gasteiger partial charge is 0.338 e. The lowest BCUT2D eigenvalue weighted by Gasteiger charge is -2.16. The molecular formula is C27H27N8O4+. The maximum Gasteiger partial charge on any atom is 0.268 e. The van der Waals surface area contributed by atoms with E-state index in [0.29, 0.717) is 17.8 Å². The minimum Gasteiger partial charge on any atom is -0.338 e. The van der Waals surface area contributed by atoms with Crippen LogP contribution in [0.4, 0.5) is 5.69 Å². The maximum atomic E-state index is 12.5. The number of amides is 3. The van der Waals surface area contributed by atoms with Gasteiger partial charge in [0.25, 0.3) is 11.8 Å². The number of nitrogens with zero attached hydrogens (tertiary/aromatic N) is 3. The predicted octanol–water partition coefficient (Wildman–Crippen LogP) is 1.75. The summed E-state index contributed by atoms with van der Waals surface area (Å²) in [5, 5.41) is 20.8. The lowest BCUT2D eigenvalue weighted by atomic mass is 10.1. The molecule has 2 aromatic carbocycles. The molecule has 0 radical (unpaired) electrons. The molecule has 12 heteroatoms. The van der Waals surface area contributed by atoms with Crippen LogP contribution in [0.2, 0.25) is 0 Å². The molecule has 0 bridgehead atoms. The number of hydroxylamine groups is 1. The van der Waals surface area contributed by atoms with E-state index in [-0.39, 0.29) is 18.0 Å². The summed E-state index contributed by atoms with van der Waals surface area (Å²) in [6.45, 7) is 2.18. The molecule has 3 aromatic rings. The smallest absolute Gasteiger partial charge is 0.268 e. The Morgan fingerprint density at radius 2 is 1.72 bits per heavy atom. The highest BCUT2D eigenvalue weighted by Crippen LogP contribution is 2.10. The number of carbonyl (C=O) groups excluding carboxylic acids is 3. The molecule has 6 N–H and O–H groups in total. The van der Waals surface area contributed by atoms with Gasteiger partial charge in [-0.25, -0.2) is 5.48 Å². The van der Waals surface area contributed by atoms with Gasteiger partial charge in [0, 0.05) is 41.3 Å². The second-order valence-corrected chi connectivity index (χ2v) is 8.30. The Hall–Kier alpha value is -5.21. The van der Waals surface area contributed by atoms with Crippen molar-refractivity contribution < 1.29 is 19.6 Å². The third kappa shape index (κ3) is 8.99. The first-order chi connectivity index (χ1) is 18.9. The SMILES string of the molecule is CC(N=[N+]=N)[C@H](NC(=O)c1ccc(C#Cc2ccc(NC(=O)CNCc3cccnc3)cc2)cc1)C(=O)NO. The molecule has 1 aromatic heterocycles. The summed E-state index contributed by atoms with van der Waals surface area (Å²) < 4.78 is 0. The Morgan fingerprint density at radius 1 is 1.05 bits per heavy atom. The third-order valence-electron chi connectivity index (χ3n) is 5.41. The molecule has 0 spiro atoms. The molecule has 0 saturated carbocycles. The summed E-state index contributed by atoms with van der Waals surface area (Å²) in [5.41, 5.74) is 11.6. The molecule has 198 valence electrons. The van der Waals surface area contributed by atoms with Crippen LogP contribution < -0.4 is 26.3 Å². The van der Waals surface area contributed by atoms with Crippen LogP contribution in [0.25, 0.3) is 0 Å². The van der Waals surface area contributed by atoms with Gasteiger partial charge in [0.05, 0.1) is 6.54 Å². The van der Waals surface area contributed by atoms with Gasteiger partial charge in [-0.05, 0) is 67.1 Å². The van der Waals surface area contributed by atoms with Crippen LogP contribution in [0, 0.1) is 17.4 Å². The number of rotatable bonds is 10. The van der Waals surface area contributed by atoms with E-state index in [2.05, 4.69) is 42.8 Å². The molecule has 1 heterocycles. The molecular weight excluding hydrogens is 500 g/mol. The van der Waals surface area contributed by atoms with Crippen LogP contribution in [0.3, 0.4) is 0 Å². The van der Waals surface area contributed by atoms with Gasteiger partial charge >= 0.3 is 0 Å². The van der Waals surface area contributed by atoms with Gasteiger partial charge in [-0.15, -0.1) is 0 Å². The van der Waals surface area contributed by atoms with Crippen LogP contribution >= 0.6 is 0 Å². The average Bonchev–Trinajstić information content (AvgIpc) is 2.96. The molecule has 2 atom stereocenters. The number of hydrogen-bond acceptors (Lipinski definition) is 8. The van der Waals surface area contributed by atoms with Crippen molar-refractivity contribution in [3.63, 3.8) is 0 Å². The fourth-order valence-corrected chi connectivity index (χ4v) is 3.37. The van der Waals surface area contributed by atoms with Crippen molar-refractivity contribution >= 4 is 23.4 Å². The van der Waals surface area contributed by atoms with E-state index < -0.39 is 23.9 Å². The second kappa shape index (κ2) is 14.5. The van der Waals surface area contributed by atoms with Crippen molar-refractivity contribution in [1.29, 1.82) is 5.53 Å². The fourth-order valence-electron chi connectivity index (χ4n) is 3.37. The van der Waals surface area contributed by atoms with Crippen molar-refractivity contribution in [3.05, 3.63) is 95.3 Å². The fraction of sp³-hybridized carbons (Fsp3) is 0.185. The first kappa shape index (κ1) is 28.4. The summed E-state index contributed by atoms with van der Waals surface area (Å²) in [6.07, 6.45) is 3.44. The zero-order chi connectivity index (χ0) is 28.0. The number of carbonyl (C=O) groups is 3. The highest BCUT2D eigenvalue weighted by molar-refractivity contribution is 5.97. The number of benzene rings is 2. The van der Waals surface area contributed by atoms with Crippen molar-refractivity contribution in [1.82, 2.24) is 26.0 Å². The van der Waals surface area contributed by atoms with E-state index in [4.69, 9.17) is 10.7 Å². The number of aromatic nitrogens is 1. The van der Waals surface area contributed by atoms with E-state index in [9.17, 15) is 14.4 Å². The molecule has 3 rings (SSSR count). The number of pyridine rings is 1. The Bertz CT molecular complexity index is 1390. The summed E-state index contributed by atoms with van der Waals surface area (Å²) in [5.74, 6) is 4.41.